The van der Waals surface area contributed by atoms with Gasteiger partial charge >= 0.3 is 5.97 Å². The van der Waals surface area contributed by atoms with Crippen LogP contribution in [0.1, 0.15) is 29.6 Å². The number of esters is 1. The van der Waals surface area contributed by atoms with Gasteiger partial charge in [-0.2, -0.15) is 0 Å². The van der Waals surface area contributed by atoms with Crippen molar-refractivity contribution in [3.8, 4) is 0 Å². The zero-order valence-corrected chi connectivity index (χ0v) is 10.9. The van der Waals surface area contributed by atoms with Gasteiger partial charge < -0.3 is 15.4 Å². The summed E-state index contributed by atoms with van der Waals surface area (Å²) < 4.78 is 4.65. The van der Waals surface area contributed by atoms with Crippen LogP contribution >= 0.6 is 0 Å². The molecule has 0 bridgehead atoms. The van der Waals surface area contributed by atoms with Gasteiger partial charge in [-0.25, -0.2) is 4.79 Å². The minimum Gasteiger partial charge on any atom is -0.465 e. The van der Waals surface area contributed by atoms with Crippen molar-refractivity contribution >= 4 is 17.6 Å². The predicted octanol–water partition coefficient (Wildman–Crippen LogP) is 1.55. The van der Waals surface area contributed by atoms with Crippen LogP contribution in [-0.2, 0) is 9.53 Å². The molecule has 2 N–H and O–H groups in total. The molecule has 1 aliphatic rings. The average Bonchev–Trinajstić information content (AvgIpc) is 2.47. The van der Waals surface area contributed by atoms with Crippen molar-refractivity contribution in [2.24, 2.45) is 0 Å². The molecule has 1 aliphatic heterocycles. The second-order valence-corrected chi connectivity index (χ2v) is 4.56. The van der Waals surface area contributed by atoms with E-state index in [4.69, 9.17) is 0 Å². The monoisotopic (exact) mass is 262 g/mol. The molecule has 1 atom stereocenters. The standard InChI is InChI=1S/C14H18N2O3/c1-19-14(18)10-5-4-6-11(9-10)16-13(17)12-7-2-3-8-15-12/h4-6,9,12,15H,2-3,7-8H2,1H3,(H,16,17). The number of hydrogen-bond donors (Lipinski definition) is 2. The van der Waals surface area contributed by atoms with Crippen LogP contribution in [-0.4, -0.2) is 31.6 Å². The van der Waals surface area contributed by atoms with Crippen LogP contribution in [0.2, 0.25) is 0 Å². The Bertz CT molecular complexity index is 468. The smallest absolute Gasteiger partial charge is 0.337 e. The van der Waals surface area contributed by atoms with Crippen molar-refractivity contribution in [1.29, 1.82) is 0 Å². The normalized spacial score (nSPS) is 18.7. The maximum Gasteiger partial charge on any atom is 0.337 e. The Hall–Kier alpha value is -1.88. The van der Waals surface area contributed by atoms with Crippen molar-refractivity contribution in [2.45, 2.75) is 25.3 Å². The van der Waals surface area contributed by atoms with Crippen molar-refractivity contribution < 1.29 is 14.3 Å². The first-order valence-electron chi connectivity index (χ1n) is 6.43. The first-order valence-corrected chi connectivity index (χ1v) is 6.43. The fourth-order valence-corrected chi connectivity index (χ4v) is 2.15. The molecule has 1 saturated heterocycles. The third-order valence-electron chi connectivity index (χ3n) is 3.18. The van der Waals surface area contributed by atoms with Gasteiger partial charge in [0, 0.05) is 5.69 Å². The summed E-state index contributed by atoms with van der Waals surface area (Å²) in [5.74, 6) is -0.464. The van der Waals surface area contributed by atoms with E-state index in [2.05, 4.69) is 15.4 Å². The molecule has 0 aromatic heterocycles. The Balaban J connectivity index is 2.02. The highest BCUT2D eigenvalue weighted by atomic mass is 16.5. The Kier molecular flexibility index (Phi) is 4.52. The van der Waals surface area contributed by atoms with Gasteiger partial charge in [-0.05, 0) is 37.6 Å². The van der Waals surface area contributed by atoms with E-state index in [0.29, 0.717) is 11.3 Å². The van der Waals surface area contributed by atoms with Crippen LogP contribution in [0.25, 0.3) is 0 Å². The van der Waals surface area contributed by atoms with Crippen molar-refractivity contribution in [1.82, 2.24) is 5.32 Å². The van der Waals surface area contributed by atoms with Gasteiger partial charge in [0.1, 0.15) is 0 Å². The van der Waals surface area contributed by atoms with E-state index in [1.165, 1.54) is 7.11 Å². The number of carbonyl (C=O) groups excluding carboxylic acids is 2. The van der Waals surface area contributed by atoms with E-state index >= 15 is 0 Å². The molecule has 1 unspecified atom stereocenters. The third kappa shape index (κ3) is 3.54. The number of anilines is 1. The summed E-state index contributed by atoms with van der Waals surface area (Å²) in [6.07, 6.45) is 3.03. The molecule has 102 valence electrons. The molecule has 5 nitrogen and oxygen atoms in total. The highest BCUT2D eigenvalue weighted by Crippen LogP contribution is 2.14. The number of benzene rings is 1. The maximum atomic E-state index is 12.0. The third-order valence-corrected chi connectivity index (χ3v) is 3.18. The lowest BCUT2D eigenvalue weighted by Gasteiger charge is -2.22. The number of amides is 1. The summed E-state index contributed by atoms with van der Waals surface area (Å²) in [7, 11) is 1.33. The van der Waals surface area contributed by atoms with E-state index in [0.717, 1.165) is 25.8 Å². The molecule has 5 heteroatoms. The van der Waals surface area contributed by atoms with Crippen molar-refractivity contribution in [2.75, 3.05) is 19.0 Å². The Morgan fingerprint density at radius 3 is 2.89 bits per heavy atom. The van der Waals surface area contributed by atoms with Crippen LogP contribution < -0.4 is 10.6 Å². The lowest BCUT2D eigenvalue weighted by atomic mass is 10.0. The van der Waals surface area contributed by atoms with E-state index in [-0.39, 0.29) is 11.9 Å². The molecule has 1 fully saturated rings. The minimum absolute atomic E-state index is 0.0540. The lowest BCUT2D eigenvalue weighted by Crippen LogP contribution is -2.43. The fraction of sp³-hybridized carbons (Fsp3) is 0.429. The van der Waals surface area contributed by atoms with Crippen LogP contribution in [0.4, 0.5) is 5.69 Å². The molecule has 2 rings (SSSR count). The molecule has 0 aliphatic carbocycles. The second kappa shape index (κ2) is 6.33. The van der Waals surface area contributed by atoms with Crippen LogP contribution in [0, 0.1) is 0 Å². The van der Waals surface area contributed by atoms with Crippen LogP contribution in [0.3, 0.4) is 0 Å². The predicted molar refractivity (Wildman–Crippen MR) is 72.1 cm³/mol. The summed E-state index contributed by atoms with van der Waals surface area (Å²) in [5, 5.41) is 6.01. The molecule has 1 amide bonds. The van der Waals surface area contributed by atoms with E-state index in [9.17, 15) is 9.59 Å². The van der Waals surface area contributed by atoms with Gasteiger partial charge in [-0.15, -0.1) is 0 Å². The number of nitrogens with one attached hydrogen (secondary N) is 2. The van der Waals surface area contributed by atoms with Crippen LogP contribution in [0.5, 0.6) is 0 Å². The summed E-state index contributed by atoms with van der Waals surface area (Å²) in [5.41, 5.74) is 1.04. The zero-order chi connectivity index (χ0) is 13.7. The minimum atomic E-state index is -0.410. The molecule has 0 radical (unpaired) electrons. The van der Waals surface area contributed by atoms with E-state index in [1.807, 2.05) is 0 Å². The second-order valence-electron chi connectivity index (χ2n) is 4.56. The summed E-state index contributed by atoms with van der Waals surface area (Å²) in [6, 6.07) is 6.60. The number of piperidine rings is 1. The van der Waals surface area contributed by atoms with Crippen LogP contribution in [0.15, 0.2) is 24.3 Å². The van der Waals surface area contributed by atoms with Gasteiger partial charge in [0.15, 0.2) is 0 Å². The SMILES string of the molecule is COC(=O)c1cccc(NC(=O)C2CCCCN2)c1. The van der Waals surface area contributed by atoms with Gasteiger partial charge in [-0.1, -0.05) is 12.5 Å². The van der Waals surface area contributed by atoms with Crippen molar-refractivity contribution in [3.05, 3.63) is 29.8 Å². The van der Waals surface area contributed by atoms with Gasteiger partial charge in [0.05, 0.1) is 18.7 Å². The summed E-state index contributed by atoms with van der Waals surface area (Å²) >= 11 is 0. The summed E-state index contributed by atoms with van der Waals surface area (Å²) in [6.45, 7) is 0.875. The Labute approximate surface area is 112 Å². The number of methoxy groups -OCH3 is 1. The lowest BCUT2D eigenvalue weighted by molar-refractivity contribution is -0.118. The first kappa shape index (κ1) is 13.5. The topological polar surface area (TPSA) is 67.4 Å². The van der Waals surface area contributed by atoms with E-state index < -0.39 is 5.97 Å². The average molecular weight is 262 g/mol. The molecular formula is C14H18N2O3. The molecule has 1 aromatic carbocycles. The highest BCUT2D eigenvalue weighted by molar-refractivity contribution is 5.97. The fourth-order valence-electron chi connectivity index (χ4n) is 2.15. The van der Waals surface area contributed by atoms with Crippen molar-refractivity contribution in [3.63, 3.8) is 0 Å². The summed E-state index contributed by atoms with van der Waals surface area (Å²) in [4.78, 5) is 23.4. The zero-order valence-electron chi connectivity index (χ0n) is 10.9. The number of ether oxygens (including phenoxy) is 1. The molecular weight excluding hydrogens is 244 g/mol. The highest BCUT2D eigenvalue weighted by Gasteiger charge is 2.20. The van der Waals surface area contributed by atoms with E-state index in [1.54, 1.807) is 24.3 Å². The Morgan fingerprint density at radius 1 is 1.37 bits per heavy atom. The number of hydrogen-bond acceptors (Lipinski definition) is 4. The maximum absolute atomic E-state index is 12.0. The Morgan fingerprint density at radius 2 is 2.21 bits per heavy atom. The molecule has 1 aromatic rings. The number of carbonyl (C=O) groups is 2. The molecule has 0 spiro atoms. The van der Waals surface area contributed by atoms with Gasteiger partial charge in [0.25, 0.3) is 0 Å². The molecule has 0 saturated carbocycles. The molecule has 19 heavy (non-hydrogen) atoms. The first-order chi connectivity index (χ1) is 9.20. The largest absolute Gasteiger partial charge is 0.465 e. The molecule has 1 heterocycles. The van der Waals surface area contributed by atoms with Gasteiger partial charge in [-0.3, -0.25) is 4.79 Å². The van der Waals surface area contributed by atoms with Gasteiger partial charge in [0.2, 0.25) is 5.91 Å². The quantitative estimate of drug-likeness (QED) is 0.811. The number of rotatable bonds is 3.